The van der Waals surface area contributed by atoms with Crippen molar-refractivity contribution >= 4 is 29.3 Å². The van der Waals surface area contributed by atoms with Crippen LogP contribution < -0.4 is 10.2 Å². The van der Waals surface area contributed by atoms with Crippen LogP contribution in [0.5, 0.6) is 0 Å². The molecular weight excluding hydrogens is 386 g/mol. The Balaban J connectivity index is 1.61. The molecule has 0 aliphatic carbocycles. The first kappa shape index (κ1) is 22.7. The molecule has 1 aliphatic heterocycles. The Morgan fingerprint density at radius 3 is 2.61 bits per heavy atom. The molecule has 1 amide bonds. The SMILES string of the molecule is CCC(=O)CCCCC[C@@H](C(=O)NCCc1ccccc1)N1CC=Nc2ccccc21. The topological polar surface area (TPSA) is 61.8 Å². The van der Waals surface area contributed by atoms with Crippen LogP contribution in [-0.4, -0.2) is 37.0 Å². The van der Waals surface area contributed by atoms with Crippen LogP contribution in [0, 0.1) is 0 Å². The molecule has 1 N–H and O–H groups in total. The van der Waals surface area contributed by atoms with Crippen LogP contribution in [0.4, 0.5) is 11.4 Å². The standard InChI is InChI=1S/C26H33N3O2/c1-2-22(30)13-7-4-8-16-25(26(31)28-18-17-21-11-5-3-6-12-21)29-20-19-27-23-14-9-10-15-24(23)29/h3,5-6,9-12,14-15,19,25H,2,4,7-8,13,16-18,20H2,1H3,(H,28,31)/t25-/m0/s1. The molecule has 1 aliphatic rings. The molecule has 0 saturated heterocycles. The predicted molar refractivity (Wildman–Crippen MR) is 127 cm³/mol. The van der Waals surface area contributed by atoms with Gasteiger partial charge in [-0.1, -0.05) is 62.2 Å². The summed E-state index contributed by atoms with van der Waals surface area (Å²) < 4.78 is 0. The normalized spacial score (nSPS) is 13.5. The number of fused-ring (bicyclic) bond motifs is 1. The molecule has 5 nitrogen and oxygen atoms in total. The number of para-hydroxylation sites is 2. The average Bonchev–Trinajstić information content (AvgIpc) is 2.81. The molecule has 164 valence electrons. The molecule has 31 heavy (non-hydrogen) atoms. The number of rotatable bonds is 12. The van der Waals surface area contributed by atoms with E-state index < -0.39 is 0 Å². The Labute approximate surface area is 185 Å². The molecular formula is C26H33N3O2. The molecule has 0 fully saturated rings. The summed E-state index contributed by atoms with van der Waals surface area (Å²) in [5.41, 5.74) is 3.13. The highest BCUT2D eigenvalue weighted by molar-refractivity contribution is 5.90. The molecule has 0 saturated carbocycles. The summed E-state index contributed by atoms with van der Waals surface area (Å²) in [6, 6.07) is 18.0. The Bertz CT molecular complexity index is 879. The number of amides is 1. The van der Waals surface area contributed by atoms with E-state index in [1.165, 1.54) is 5.56 Å². The fraction of sp³-hybridized carbons (Fsp3) is 0.423. The summed E-state index contributed by atoms with van der Waals surface area (Å²) in [6.45, 7) is 3.16. The lowest BCUT2D eigenvalue weighted by Crippen LogP contribution is -2.49. The number of Topliss-reactive ketones (excluding diaryl/α,β-unsaturated/α-hetero) is 1. The van der Waals surface area contributed by atoms with Crippen LogP contribution in [0.25, 0.3) is 0 Å². The molecule has 0 spiro atoms. The van der Waals surface area contributed by atoms with Gasteiger partial charge >= 0.3 is 0 Å². The number of hydrogen-bond acceptors (Lipinski definition) is 4. The zero-order chi connectivity index (χ0) is 21.9. The summed E-state index contributed by atoms with van der Waals surface area (Å²) in [5.74, 6) is 0.377. The van der Waals surface area contributed by atoms with Crippen LogP contribution >= 0.6 is 0 Å². The summed E-state index contributed by atoms with van der Waals surface area (Å²) in [4.78, 5) is 31.4. The van der Waals surface area contributed by atoms with Crippen molar-refractivity contribution < 1.29 is 9.59 Å². The number of unbranched alkanes of at least 4 members (excludes halogenated alkanes) is 2. The van der Waals surface area contributed by atoms with Gasteiger partial charge in [0.15, 0.2) is 0 Å². The number of anilines is 1. The second-order valence-electron chi connectivity index (χ2n) is 7.99. The smallest absolute Gasteiger partial charge is 0.242 e. The highest BCUT2D eigenvalue weighted by atomic mass is 16.2. The van der Waals surface area contributed by atoms with Gasteiger partial charge in [0, 0.05) is 25.6 Å². The minimum absolute atomic E-state index is 0.0608. The number of ketones is 1. The average molecular weight is 420 g/mol. The second-order valence-corrected chi connectivity index (χ2v) is 7.99. The van der Waals surface area contributed by atoms with Gasteiger partial charge in [-0.05, 0) is 37.0 Å². The van der Waals surface area contributed by atoms with E-state index in [0.29, 0.717) is 31.7 Å². The monoisotopic (exact) mass is 419 g/mol. The van der Waals surface area contributed by atoms with Crippen LogP contribution in [0.2, 0.25) is 0 Å². The number of nitrogens with zero attached hydrogens (tertiary/aromatic N) is 2. The molecule has 5 heteroatoms. The number of carbonyl (C=O) groups excluding carboxylic acids is 2. The van der Waals surface area contributed by atoms with E-state index in [1.807, 2.05) is 55.6 Å². The van der Waals surface area contributed by atoms with Crippen molar-refractivity contribution in [1.82, 2.24) is 5.32 Å². The number of aliphatic imine (C=N–C) groups is 1. The predicted octanol–water partition coefficient (Wildman–Crippen LogP) is 4.87. The minimum atomic E-state index is -0.245. The fourth-order valence-electron chi connectivity index (χ4n) is 3.97. The molecule has 2 aromatic rings. The molecule has 0 radical (unpaired) electrons. The van der Waals surface area contributed by atoms with E-state index in [1.54, 1.807) is 0 Å². The Hall–Kier alpha value is -2.95. The molecule has 0 unspecified atom stereocenters. The van der Waals surface area contributed by atoms with E-state index in [2.05, 4.69) is 27.3 Å². The lowest BCUT2D eigenvalue weighted by Gasteiger charge is -2.34. The number of hydrogen-bond donors (Lipinski definition) is 1. The molecule has 0 bridgehead atoms. The van der Waals surface area contributed by atoms with Gasteiger partial charge in [0.25, 0.3) is 0 Å². The Morgan fingerprint density at radius 1 is 1.03 bits per heavy atom. The van der Waals surface area contributed by atoms with E-state index in [9.17, 15) is 9.59 Å². The number of benzene rings is 2. The third-order valence-corrected chi connectivity index (χ3v) is 5.76. The lowest BCUT2D eigenvalue weighted by atomic mass is 10.0. The largest absolute Gasteiger partial charge is 0.354 e. The first-order valence-corrected chi connectivity index (χ1v) is 11.4. The zero-order valence-corrected chi connectivity index (χ0v) is 18.4. The summed E-state index contributed by atoms with van der Waals surface area (Å²) in [6.07, 6.45) is 7.49. The van der Waals surface area contributed by atoms with Crippen molar-refractivity contribution in [3.05, 3.63) is 60.2 Å². The van der Waals surface area contributed by atoms with E-state index in [-0.39, 0.29) is 11.9 Å². The van der Waals surface area contributed by atoms with Crippen LogP contribution in [-0.2, 0) is 16.0 Å². The molecule has 1 heterocycles. The molecule has 0 aromatic heterocycles. The molecule has 3 rings (SSSR count). The Kier molecular flexibility index (Phi) is 8.83. The zero-order valence-electron chi connectivity index (χ0n) is 18.4. The maximum Gasteiger partial charge on any atom is 0.242 e. The van der Waals surface area contributed by atoms with Gasteiger partial charge in [-0.3, -0.25) is 14.6 Å². The summed E-state index contributed by atoms with van der Waals surface area (Å²) in [7, 11) is 0. The van der Waals surface area contributed by atoms with Crippen molar-refractivity contribution in [2.45, 2.75) is 57.9 Å². The van der Waals surface area contributed by atoms with Gasteiger partial charge in [0.2, 0.25) is 5.91 Å². The third-order valence-electron chi connectivity index (χ3n) is 5.76. The van der Waals surface area contributed by atoms with Gasteiger partial charge in [-0.15, -0.1) is 0 Å². The second kappa shape index (κ2) is 12.0. The Morgan fingerprint density at radius 2 is 1.81 bits per heavy atom. The first-order valence-electron chi connectivity index (χ1n) is 11.4. The van der Waals surface area contributed by atoms with Gasteiger partial charge in [-0.25, -0.2) is 0 Å². The van der Waals surface area contributed by atoms with Crippen molar-refractivity contribution in [3.63, 3.8) is 0 Å². The van der Waals surface area contributed by atoms with Crippen molar-refractivity contribution in [1.29, 1.82) is 0 Å². The highest BCUT2D eigenvalue weighted by Gasteiger charge is 2.28. The summed E-state index contributed by atoms with van der Waals surface area (Å²) in [5, 5.41) is 3.15. The molecule has 1 atom stereocenters. The van der Waals surface area contributed by atoms with Crippen LogP contribution in [0.15, 0.2) is 59.6 Å². The molecule has 2 aromatic carbocycles. The summed E-state index contributed by atoms with van der Waals surface area (Å²) >= 11 is 0. The highest BCUT2D eigenvalue weighted by Crippen LogP contribution is 2.32. The van der Waals surface area contributed by atoms with Crippen molar-refractivity contribution in [3.8, 4) is 0 Å². The number of nitrogens with one attached hydrogen (secondary N) is 1. The van der Waals surface area contributed by atoms with Gasteiger partial charge in [0.05, 0.1) is 17.9 Å². The van der Waals surface area contributed by atoms with E-state index >= 15 is 0 Å². The quantitative estimate of drug-likeness (QED) is 0.500. The fourth-order valence-corrected chi connectivity index (χ4v) is 3.97. The third kappa shape index (κ3) is 6.78. The van der Waals surface area contributed by atoms with Crippen molar-refractivity contribution in [2.24, 2.45) is 4.99 Å². The number of carbonyl (C=O) groups is 2. The van der Waals surface area contributed by atoms with Crippen LogP contribution in [0.3, 0.4) is 0 Å². The minimum Gasteiger partial charge on any atom is -0.354 e. The van der Waals surface area contributed by atoms with Gasteiger partial charge < -0.3 is 10.2 Å². The van der Waals surface area contributed by atoms with E-state index in [4.69, 9.17) is 0 Å². The van der Waals surface area contributed by atoms with Gasteiger partial charge in [-0.2, -0.15) is 0 Å². The maximum absolute atomic E-state index is 13.2. The lowest BCUT2D eigenvalue weighted by molar-refractivity contribution is -0.122. The van der Waals surface area contributed by atoms with Crippen LogP contribution in [0.1, 0.15) is 51.0 Å². The van der Waals surface area contributed by atoms with Gasteiger partial charge in [0.1, 0.15) is 11.8 Å². The first-order chi connectivity index (χ1) is 15.2. The van der Waals surface area contributed by atoms with E-state index in [0.717, 1.165) is 43.5 Å². The van der Waals surface area contributed by atoms with Crippen molar-refractivity contribution in [2.75, 3.05) is 18.0 Å². The maximum atomic E-state index is 13.2.